The van der Waals surface area contributed by atoms with E-state index in [2.05, 4.69) is 5.32 Å². The molecule has 0 spiro atoms. The Hall–Kier alpha value is -1.22. The molecule has 1 unspecified atom stereocenters. The molecule has 86 valence electrons. The van der Waals surface area contributed by atoms with Gasteiger partial charge in [-0.2, -0.15) is 0 Å². The highest BCUT2D eigenvalue weighted by Gasteiger charge is 2.26. The van der Waals surface area contributed by atoms with Gasteiger partial charge >= 0.3 is 0 Å². The molecule has 3 rings (SSSR count). The van der Waals surface area contributed by atoms with Gasteiger partial charge in [-0.1, -0.05) is 12.5 Å². The smallest absolute Gasteiger partial charge is 0.127 e. The molecular formula is C13H17NO2. The van der Waals surface area contributed by atoms with Crippen molar-refractivity contribution in [2.24, 2.45) is 0 Å². The van der Waals surface area contributed by atoms with Crippen molar-refractivity contribution in [1.29, 1.82) is 0 Å². The van der Waals surface area contributed by atoms with Gasteiger partial charge in [0.15, 0.2) is 0 Å². The molecule has 1 aromatic rings. The van der Waals surface area contributed by atoms with E-state index in [0.29, 0.717) is 12.1 Å². The minimum Gasteiger partial charge on any atom is -0.508 e. The molecule has 0 bridgehead atoms. The third-order valence-corrected chi connectivity index (χ3v) is 3.58. The highest BCUT2D eigenvalue weighted by atomic mass is 16.5. The van der Waals surface area contributed by atoms with Crippen LogP contribution in [0.4, 0.5) is 0 Å². The molecule has 0 saturated heterocycles. The first-order chi connectivity index (χ1) is 7.83. The largest absolute Gasteiger partial charge is 0.508 e. The van der Waals surface area contributed by atoms with E-state index >= 15 is 0 Å². The molecule has 16 heavy (non-hydrogen) atoms. The number of nitrogens with one attached hydrogen (secondary N) is 1. The van der Waals surface area contributed by atoms with Crippen molar-refractivity contribution < 1.29 is 9.84 Å². The molecule has 3 nitrogen and oxygen atoms in total. The van der Waals surface area contributed by atoms with E-state index < -0.39 is 0 Å². The zero-order valence-corrected chi connectivity index (χ0v) is 9.28. The summed E-state index contributed by atoms with van der Waals surface area (Å²) in [4.78, 5) is 0. The summed E-state index contributed by atoms with van der Waals surface area (Å²) in [6.07, 6.45) is 4.97. The number of fused-ring (bicyclic) bond motifs is 1. The van der Waals surface area contributed by atoms with E-state index in [1.807, 2.05) is 6.07 Å². The number of hydrogen-bond donors (Lipinski definition) is 2. The Kier molecular flexibility index (Phi) is 2.48. The maximum atomic E-state index is 9.41. The fraction of sp³-hybridized carbons (Fsp3) is 0.538. The zero-order chi connectivity index (χ0) is 11.0. The summed E-state index contributed by atoms with van der Waals surface area (Å²) < 4.78 is 5.57. The monoisotopic (exact) mass is 219 g/mol. The molecule has 3 heteroatoms. The molecule has 2 aliphatic rings. The first kappa shape index (κ1) is 9.97. The van der Waals surface area contributed by atoms with Crippen molar-refractivity contribution in [3.63, 3.8) is 0 Å². The highest BCUT2D eigenvalue weighted by Crippen LogP contribution is 2.35. The summed E-state index contributed by atoms with van der Waals surface area (Å²) in [5.74, 6) is 1.12. The second kappa shape index (κ2) is 3.98. The fourth-order valence-corrected chi connectivity index (χ4v) is 2.41. The van der Waals surface area contributed by atoms with Gasteiger partial charge in [-0.3, -0.25) is 0 Å². The van der Waals surface area contributed by atoms with Gasteiger partial charge in [-0.05, 0) is 18.9 Å². The maximum Gasteiger partial charge on any atom is 0.127 e. The average molecular weight is 219 g/mol. The van der Waals surface area contributed by atoms with Crippen molar-refractivity contribution in [2.75, 3.05) is 6.61 Å². The van der Waals surface area contributed by atoms with Crippen LogP contribution in [0.15, 0.2) is 18.2 Å². The normalized spacial score (nSPS) is 24.4. The van der Waals surface area contributed by atoms with Crippen LogP contribution in [0.5, 0.6) is 11.5 Å². The number of phenolic OH excluding ortho intramolecular Hbond substituents is 1. The molecule has 2 N–H and O–H groups in total. The summed E-state index contributed by atoms with van der Waals surface area (Å²) in [5.41, 5.74) is 1.19. The molecule has 0 amide bonds. The van der Waals surface area contributed by atoms with Crippen molar-refractivity contribution in [3.8, 4) is 11.5 Å². The second-order valence-electron chi connectivity index (χ2n) is 4.71. The van der Waals surface area contributed by atoms with Crippen LogP contribution in [0.2, 0.25) is 0 Å². The zero-order valence-electron chi connectivity index (χ0n) is 9.28. The molecule has 1 aromatic carbocycles. The maximum absolute atomic E-state index is 9.41. The summed E-state index contributed by atoms with van der Waals surface area (Å²) in [6.45, 7) is 0.737. The van der Waals surface area contributed by atoms with Gasteiger partial charge in [0.05, 0.1) is 6.61 Å². The third-order valence-electron chi connectivity index (χ3n) is 3.58. The molecule has 1 aliphatic heterocycles. The first-order valence-corrected chi connectivity index (χ1v) is 6.05. The number of hydrogen-bond acceptors (Lipinski definition) is 3. The topological polar surface area (TPSA) is 41.5 Å². The van der Waals surface area contributed by atoms with Crippen molar-refractivity contribution in [1.82, 2.24) is 5.32 Å². The van der Waals surface area contributed by atoms with E-state index in [-0.39, 0.29) is 5.75 Å². The lowest BCUT2D eigenvalue weighted by atomic mass is 9.90. The molecule has 0 aromatic heterocycles. The van der Waals surface area contributed by atoms with Gasteiger partial charge in [0, 0.05) is 30.1 Å². The van der Waals surface area contributed by atoms with Crippen LogP contribution in [-0.2, 0) is 0 Å². The third kappa shape index (κ3) is 1.76. The fourth-order valence-electron chi connectivity index (χ4n) is 2.41. The predicted molar refractivity (Wildman–Crippen MR) is 61.7 cm³/mol. The lowest BCUT2D eigenvalue weighted by Crippen LogP contribution is -2.39. The van der Waals surface area contributed by atoms with Gasteiger partial charge in [0.25, 0.3) is 0 Å². The Morgan fingerprint density at radius 2 is 2.12 bits per heavy atom. The van der Waals surface area contributed by atoms with Gasteiger partial charge in [-0.25, -0.2) is 0 Å². The minimum atomic E-state index is 0.281. The highest BCUT2D eigenvalue weighted by molar-refractivity contribution is 5.43. The molecule has 1 aliphatic carbocycles. The minimum absolute atomic E-state index is 0.281. The SMILES string of the molecule is Oc1ccc2c(c1)OCCC2NC1CCC1. The van der Waals surface area contributed by atoms with Crippen LogP contribution in [0.3, 0.4) is 0 Å². The summed E-state index contributed by atoms with van der Waals surface area (Å²) in [5, 5.41) is 13.1. The van der Waals surface area contributed by atoms with Crippen molar-refractivity contribution in [3.05, 3.63) is 23.8 Å². The standard InChI is InChI=1S/C13H17NO2/c15-10-4-5-11-12(14-9-2-1-3-9)6-7-16-13(11)8-10/h4-5,8-9,12,14-15H,1-3,6-7H2. The van der Waals surface area contributed by atoms with Crippen molar-refractivity contribution in [2.45, 2.75) is 37.8 Å². The first-order valence-electron chi connectivity index (χ1n) is 6.05. The van der Waals surface area contributed by atoms with Crippen LogP contribution in [0.1, 0.15) is 37.3 Å². The van der Waals surface area contributed by atoms with E-state index in [1.54, 1.807) is 12.1 Å². The van der Waals surface area contributed by atoms with Crippen LogP contribution in [-0.4, -0.2) is 17.8 Å². The van der Waals surface area contributed by atoms with Crippen LogP contribution < -0.4 is 10.1 Å². The molecule has 1 heterocycles. The van der Waals surface area contributed by atoms with Gasteiger partial charge in [-0.15, -0.1) is 0 Å². The second-order valence-corrected chi connectivity index (χ2v) is 4.71. The molecule has 1 atom stereocenters. The predicted octanol–water partition coefficient (Wildman–Crippen LogP) is 2.36. The van der Waals surface area contributed by atoms with Crippen LogP contribution in [0, 0.1) is 0 Å². The number of phenols is 1. The number of benzene rings is 1. The average Bonchev–Trinajstić information content (AvgIpc) is 2.23. The molecule has 0 radical (unpaired) electrons. The van der Waals surface area contributed by atoms with Gasteiger partial charge in [0.1, 0.15) is 11.5 Å². The Morgan fingerprint density at radius 3 is 2.88 bits per heavy atom. The van der Waals surface area contributed by atoms with Gasteiger partial charge in [0.2, 0.25) is 0 Å². The lowest BCUT2D eigenvalue weighted by molar-refractivity contribution is 0.222. The lowest BCUT2D eigenvalue weighted by Gasteiger charge is -2.34. The van der Waals surface area contributed by atoms with E-state index in [1.165, 1.54) is 24.8 Å². The Bertz CT molecular complexity index is 388. The summed E-state index contributed by atoms with van der Waals surface area (Å²) in [6, 6.07) is 6.51. The molecule has 1 saturated carbocycles. The van der Waals surface area contributed by atoms with Crippen LogP contribution >= 0.6 is 0 Å². The quantitative estimate of drug-likeness (QED) is 0.802. The van der Waals surface area contributed by atoms with E-state index in [9.17, 15) is 5.11 Å². The summed E-state index contributed by atoms with van der Waals surface area (Å²) in [7, 11) is 0. The van der Waals surface area contributed by atoms with Gasteiger partial charge < -0.3 is 15.2 Å². The number of aromatic hydroxyl groups is 1. The number of ether oxygens (including phenoxy) is 1. The summed E-state index contributed by atoms with van der Waals surface area (Å²) >= 11 is 0. The number of rotatable bonds is 2. The molecule has 1 fully saturated rings. The Balaban J connectivity index is 1.81. The van der Waals surface area contributed by atoms with E-state index in [4.69, 9.17) is 4.74 Å². The Labute approximate surface area is 95.4 Å². The van der Waals surface area contributed by atoms with Crippen molar-refractivity contribution >= 4 is 0 Å². The van der Waals surface area contributed by atoms with E-state index in [0.717, 1.165) is 18.8 Å². The Morgan fingerprint density at radius 1 is 1.25 bits per heavy atom. The van der Waals surface area contributed by atoms with Crippen LogP contribution in [0.25, 0.3) is 0 Å². The molecular weight excluding hydrogens is 202 g/mol.